The highest BCUT2D eigenvalue weighted by atomic mass is 15.3. The smallest absolute Gasteiger partial charge is 0.138 e. The van der Waals surface area contributed by atoms with Crippen LogP contribution in [0.1, 0.15) is 29.9 Å². The second-order valence-electron chi connectivity index (χ2n) is 6.65. The molecule has 0 amide bonds. The Morgan fingerprint density at radius 2 is 1.92 bits per heavy atom. The lowest BCUT2D eigenvalue weighted by molar-refractivity contribution is 0.250. The number of benzene rings is 1. The zero-order valence-corrected chi connectivity index (χ0v) is 15.2. The van der Waals surface area contributed by atoms with Gasteiger partial charge in [0.05, 0.1) is 11.4 Å². The molecule has 0 aliphatic heterocycles. The average Bonchev–Trinajstić information content (AvgIpc) is 3.31. The molecule has 3 aromatic heterocycles. The highest BCUT2D eigenvalue weighted by Gasteiger charge is 2.14. The van der Waals surface area contributed by atoms with Crippen LogP contribution >= 0.6 is 0 Å². The maximum Gasteiger partial charge on any atom is 0.138 e. The minimum Gasteiger partial charge on any atom is -0.304 e. The van der Waals surface area contributed by atoms with E-state index >= 15 is 0 Å². The molecule has 0 fully saturated rings. The molecule has 0 saturated carbocycles. The van der Waals surface area contributed by atoms with Crippen molar-refractivity contribution in [3.05, 3.63) is 78.3 Å². The van der Waals surface area contributed by atoms with Crippen LogP contribution in [0.15, 0.2) is 61.3 Å². The van der Waals surface area contributed by atoms with Gasteiger partial charge in [0.1, 0.15) is 18.3 Å². The number of pyridine rings is 1. The normalized spacial score (nSPS) is 12.8. The lowest BCUT2D eigenvalue weighted by Crippen LogP contribution is -2.22. The maximum absolute atomic E-state index is 4.74. The molecule has 26 heavy (non-hydrogen) atoms. The van der Waals surface area contributed by atoms with Gasteiger partial charge in [0.2, 0.25) is 0 Å². The fourth-order valence-corrected chi connectivity index (χ4v) is 3.17. The fourth-order valence-electron chi connectivity index (χ4n) is 3.17. The Morgan fingerprint density at radius 3 is 2.62 bits per heavy atom. The summed E-state index contributed by atoms with van der Waals surface area (Å²) in [7, 11) is 2.13. The lowest BCUT2D eigenvalue weighted by Gasteiger charge is -2.24. The predicted molar refractivity (Wildman–Crippen MR) is 101 cm³/mol. The van der Waals surface area contributed by atoms with Crippen LogP contribution in [0.4, 0.5) is 0 Å². The van der Waals surface area contributed by atoms with Crippen LogP contribution in [0.3, 0.4) is 0 Å². The predicted octanol–water partition coefficient (Wildman–Crippen LogP) is 3.42. The summed E-state index contributed by atoms with van der Waals surface area (Å²) < 4.78 is 3.90. The molecular formula is C20H22N6. The summed E-state index contributed by atoms with van der Waals surface area (Å²) in [6.45, 7) is 5.11. The summed E-state index contributed by atoms with van der Waals surface area (Å²) in [5.74, 6) is 0. The lowest BCUT2D eigenvalue weighted by atomic mass is 10.1. The standard InChI is InChI=1S/C20H22N6/c1-15-5-4-6-20-23-18(12-25(15)20)11-24(3)16(2)17-7-9-19(10-8-17)26-14-21-13-22-26/h4-10,12-14,16H,11H2,1-3H3. The SMILES string of the molecule is Cc1cccc2nc(CN(C)C(C)c3ccc(-n4cncn4)cc3)cn12. The third-order valence-electron chi connectivity index (χ3n) is 4.88. The minimum absolute atomic E-state index is 0.283. The zero-order chi connectivity index (χ0) is 18.1. The van der Waals surface area contributed by atoms with Crippen molar-refractivity contribution in [2.45, 2.75) is 26.4 Å². The van der Waals surface area contributed by atoms with Gasteiger partial charge in [-0.1, -0.05) is 18.2 Å². The van der Waals surface area contributed by atoms with Crippen LogP contribution in [-0.4, -0.2) is 36.1 Å². The molecule has 0 aliphatic carbocycles. The summed E-state index contributed by atoms with van der Waals surface area (Å²) in [4.78, 5) is 11.0. The van der Waals surface area contributed by atoms with Gasteiger partial charge in [-0.3, -0.25) is 4.90 Å². The van der Waals surface area contributed by atoms with Gasteiger partial charge < -0.3 is 4.40 Å². The average molecular weight is 346 g/mol. The van der Waals surface area contributed by atoms with Crippen LogP contribution in [0.5, 0.6) is 0 Å². The molecule has 0 aliphatic rings. The van der Waals surface area contributed by atoms with Gasteiger partial charge >= 0.3 is 0 Å². The molecule has 0 spiro atoms. The second-order valence-corrected chi connectivity index (χ2v) is 6.65. The van der Waals surface area contributed by atoms with Crippen molar-refractivity contribution in [3.8, 4) is 5.69 Å². The van der Waals surface area contributed by atoms with E-state index in [9.17, 15) is 0 Å². The Hall–Kier alpha value is -2.99. The molecule has 4 rings (SSSR count). The first-order chi connectivity index (χ1) is 12.6. The molecule has 4 aromatic rings. The number of nitrogens with zero attached hydrogens (tertiary/aromatic N) is 6. The Morgan fingerprint density at radius 1 is 1.12 bits per heavy atom. The first kappa shape index (κ1) is 16.5. The van der Waals surface area contributed by atoms with E-state index in [-0.39, 0.29) is 6.04 Å². The highest BCUT2D eigenvalue weighted by molar-refractivity contribution is 5.41. The van der Waals surface area contributed by atoms with E-state index in [0.29, 0.717) is 0 Å². The Bertz CT molecular complexity index is 1000. The van der Waals surface area contributed by atoms with Gasteiger partial charge in [-0.2, -0.15) is 5.10 Å². The van der Waals surface area contributed by atoms with E-state index in [2.05, 4.69) is 76.8 Å². The topological polar surface area (TPSA) is 51.2 Å². The van der Waals surface area contributed by atoms with Gasteiger partial charge in [0, 0.05) is 24.5 Å². The van der Waals surface area contributed by atoms with E-state index in [0.717, 1.165) is 23.6 Å². The molecule has 6 heteroatoms. The Balaban J connectivity index is 1.50. The Kier molecular flexibility index (Phi) is 4.26. The van der Waals surface area contributed by atoms with Crippen molar-refractivity contribution in [2.75, 3.05) is 7.05 Å². The molecule has 1 unspecified atom stereocenters. The quantitative estimate of drug-likeness (QED) is 0.556. The van der Waals surface area contributed by atoms with Gasteiger partial charge in [0.25, 0.3) is 0 Å². The van der Waals surface area contributed by atoms with E-state index in [1.54, 1.807) is 17.3 Å². The van der Waals surface area contributed by atoms with Crippen LogP contribution in [0.25, 0.3) is 11.3 Å². The van der Waals surface area contributed by atoms with Crippen molar-refractivity contribution in [3.63, 3.8) is 0 Å². The van der Waals surface area contributed by atoms with E-state index < -0.39 is 0 Å². The van der Waals surface area contributed by atoms with Gasteiger partial charge in [-0.05, 0) is 50.7 Å². The molecule has 6 nitrogen and oxygen atoms in total. The largest absolute Gasteiger partial charge is 0.304 e. The van der Waals surface area contributed by atoms with Crippen LogP contribution in [0, 0.1) is 6.92 Å². The molecule has 0 bridgehead atoms. The highest BCUT2D eigenvalue weighted by Crippen LogP contribution is 2.22. The number of aryl methyl sites for hydroxylation is 1. The summed E-state index contributed by atoms with van der Waals surface area (Å²) in [6, 6.07) is 14.9. The molecular weight excluding hydrogens is 324 g/mol. The molecule has 1 aromatic carbocycles. The fraction of sp³-hybridized carbons (Fsp3) is 0.250. The number of aromatic nitrogens is 5. The molecule has 132 valence electrons. The minimum atomic E-state index is 0.283. The number of hydrogen-bond acceptors (Lipinski definition) is 4. The van der Waals surface area contributed by atoms with Crippen molar-refractivity contribution in [1.29, 1.82) is 0 Å². The molecule has 1 atom stereocenters. The van der Waals surface area contributed by atoms with Gasteiger partial charge in [-0.25, -0.2) is 14.6 Å². The van der Waals surface area contributed by atoms with Crippen molar-refractivity contribution in [2.24, 2.45) is 0 Å². The van der Waals surface area contributed by atoms with E-state index in [4.69, 9.17) is 4.98 Å². The molecule has 0 radical (unpaired) electrons. The van der Waals surface area contributed by atoms with E-state index in [1.807, 2.05) is 12.1 Å². The van der Waals surface area contributed by atoms with Crippen molar-refractivity contribution in [1.82, 2.24) is 29.0 Å². The van der Waals surface area contributed by atoms with Crippen LogP contribution in [-0.2, 0) is 6.54 Å². The number of hydrogen-bond donors (Lipinski definition) is 0. The zero-order valence-electron chi connectivity index (χ0n) is 15.2. The van der Waals surface area contributed by atoms with Crippen molar-refractivity contribution >= 4 is 5.65 Å². The molecule has 3 heterocycles. The van der Waals surface area contributed by atoms with Crippen LogP contribution in [0.2, 0.25) is 0 Å². The molecule has 0 saturated heterocycles. The number of fused-ring (bicyclic) bond motifs is 1. The second kappa shape index (κ2) is 6.72. The summed E-state index contributed by atoms with van der Waals surface area (Å²) >= 11 is 0. The monoisotopic (exact) mass is 346 g/mol. The van der Waals surface area contributed by atoms with Crippen LogP contribution < -0.4 is 0 Å². The van der Waals surface area contributed by atoms with Gasteiger partial charge in [0.15, 0.2) is 0 Å². The van der Waals surface area contributed by atoms with E-state index in [1.165, 1.54) is 11.3 Å². The Labute approximate surface area is 152 Å². The van der Waals surface area contributed by atoms with Gasteiger partial charge in [-0.15, -0.1) is 0 Å². The summed E-state index contributed by atoms with van der Waals surface area (Å²) in [5.41, 5.74) is 5.54. The third-order valence-corrected chi connectivity index (χ3v) is 4.88. The van der Waals surface area contributed by atoms with Crippen molar-refractivity contribution < 1.29 is 0 Å². The molecule has 0 N–H and O–H groups in total. The summed E-state index contributed by atoms with van der Waals surface area (Å²) in [6.07, 6.45) is 5.37. The maximum atomic E-state index is 4.74. The first-order valence-electron chi connectivity index (χ1n) is 8.70. The summed E-state index contributed by atoms with van der Waals surface area (Å²) in [5, 5.41) is 4.16. The first-order valence-corrected chi connectivity index (χ1v) is 8.70. The number of rotatable bonds is 5. The third kappa shape index (κ3) is 3.11. The number of imidazole rings is 1.